The van der Waals surface area contributed by atoms with Gasteiger partial charge in [-0.2, -0.15) is 0 Å². The van der Waals surface area contributed by atoms with Crippen LogP contribution in [0.2, 0.25) is 13.3 Å². The predicted molar refractivity (Wildman–Crippen MR) is 106 cm³/mol. The molecule has 1 aromatic rings. The van der Waals surface area contributed by atoms with Gasteiger partial charge in [-0.3, -0.25) is 0 Å². The molecule has 152 valence electrons. The van der Waals surface area contributed by atoms with Gasteiger partial charge in [0.25, 0.3) is 0 Å². The Kier molecular flexibility index (Phi) is 9.37. The van der Waals surface area contributed by atoms with Crippen LogP contribution in [0, 0.1) is 0 Å². The van der Waals surface area contributed by atoms with Crippen LogP contribution in [0.5, 0.6) is 0 Å². The van der Waals surface area contributed by atoms with Gasteiger partial charge in [-0.1, -0.05) is 0 Å². The van der Waals surface area contributed by atoms with Crippen LogP contribution in [-0.4, -0.2) is 23.4 Å². The van der Waals surface area contributed by atoms with E-state index in [2.05, 4.69) is 25.8 Å². The summed E-state index contributed by atoms with van der Waals surface area (Å²) < 4.78 is 59.1. The molecule has 0 spiro atoms. The molecule has 0 bridgehead atoms. The van der Waals surface area contributed by atoms with Crippen molar-refractivity contribution in [2.75, 3.05) is 0 Å². The Labute approximate surface area is 163 Å². The fourth-order valence-electron chi connectivity index (χ4n) is 3.39. The molecule has 0 aliphatic heterocycles. The van der Waals surface area contributed by atoms with Crippen LogP contribution < -0.4 is 2.89 Å². The standard InChI is InChI=1S/C7H6F4NS.3C4H9.Sn/c1-6(2,8)5-12-4(3-13-5)7(9,10)11;3*1-3-4-2;/h1-2H3;3*1,3-4H2,2H3;. The summed E-state index contributed by atoms with van der Waals surface area (Å²) in [4.78, 5) is 3.81. The van der Waals surface area contributed by atoms with Gasteiger partial charge in [0.1, 0.15) is 0 Å². The minimum atomic E-state index is -4.50. The van der Waals surface area contributed by atoms with E-state index in [9.17, 15) is 17.6 Å². The zero-order valence-electron chi connectivity index (χ0n) is 16.7. The molecule has 0 aliphatic rings. The van der Waals surface area contributed by atoms with E-state index in [1.54, 1.807) is 0 Å². The Morgan fingerprint density at radius 3 is 1.58 bits per heavy atom. The van der Waals surface area contributed by atoms with Crippen molar-refractivity contribution in [3.63, 3.8) is 0 Å². The minimum absolute atomic E-state index is 0.00889. The number of aromatic nitrogens is 1. The summed E-state index contributed by atoms with van der Waals surface area (Å²) in [6.07, 6.45) is 1.35. The van der Waals surface area contributed by atoms with Gasteiger partial charge in [0, 0.05) is 0 Å². The SMILES string of the molecule is CCC[CH2][Sn]([CH2]CCC)([CH2]CCC)[c]1sc(C(C)(C)F)nc1C(F)(F)F. The summed E-state index contributed by atoms with van der Waals surface area (Å²) in [5.41, 5.74) is -2.59. The molecule has 0 aliphatic carbocycles. The van der Waals surface area contributed by atoms with Crippen molar-refractivity contribution in [3.8, 4) is 0 Å². The van der Waals surface area contributed by atoms with Crippen LogP contribution in [0.4, 0.5) is 17.6 Å². The van der Waals surface area contributed by atoms with Gasteiger partial charge in [0.15, 0.2) is 0 Å². The summed E-state index contributed by atoms with van der Waals surface area (Å²) in [7, 11) is 0. The molecule has 1 nitrogen and oxygen atoms in total. The van der Waals surface area contributed by atoms with Gasteiger partial charge < -0.3 is 0 Å². The number of halogens is 4. The summed E-state index contributed by atoms with van der Waals surface area (Å²) in [6, 6.07) is 0. The molecule has 0 saturated carbocycles. The Bertz CT molecular complexity index is 527. The Hall–Kier alpha value is 0.149. The molecular formula is C19H33F4NSSn. The molecule has 1 rings (SSSR count). The van der Waals surface area contributed by atoms with E-state index in [1.165, 1.54) is 13.8 Å². The van der Waals surface area contributed by atoms with Gasteiger partial charge in [-0.05, 0) is 0 Å². The molecule has 0 unspecified atom stereocenters. The summed E-state index contributed by atoms with van der Waals surface area (Å²) in [5.74, 6) is 0. The summed E-state index contributed by atoms with van der Waals surface area (Å²) in [6.45, 7) is 8.87. The Morgan fingerprint density at radius 2 is 1.27 bits per heavy atom. The second-order valence-electron chi connectivity index (χ2n) is 7.76. The summed E-state index contributed by atoms with van der Waals surface area (Å²) in [5, 5.41) is -0.00889. The van der Waals surface area contributed by atoms with Crippen molar-refractivity contribution >= 4 is 32.6 Å². The molecule has 1 aromatic heterocycles. The number of rotatable bonds is 11. The number of alkyl halides is 4. The van der Waals surface area contributed by atoms with Crippen molar-refractivity contribution < 1.29 is 17.6 Å². The molecule has 0 aromatic carbocycles. The van der Waals surface area contributed by atoms with Gasteiger partial charge in [-0.15, -0.1) is 0 Å². The van der Waals surface area contributed by atoms with Crippen molar-refractivity contribution in [1.82, 2.24) is 4.98 Å². The van der Waals surface area contributed by atoms with Crippen molar-refractivity contribution in [2.24, 2.45) is 0 Å². The third-order valence-corrected chi connectivity index (χ3v) is 24.5. The van der Waals surface area contributed by atoms with Crippen LogP contribution in [0.3, 0.4) is 0 Å². The number of hydrogen-bond donors (Lipinski definition) is 0. The number of hydrogen-bond acceptors (Lipinski definition) is 2. The molecule has 26 heavy (non-hydrogen) atoms. The van der Waals surface area contributed by atoms with E-state index in [0.29, 0.717) is 2.89 Å². The maximum absolute atomic E-state index is 14.5. The molecule has 0 atom stereocenters. The normalized spacial score (nSPS) is 13.4. The number of unbranched alkanes of at least 4 members (excludes halogenated alkanes) is 3. The van der Waals surface area contributed by atoms with Gasteiger partial charge in [0.05, 0.1) is 0 Å². The van der Waals surface area contributed by atoms with Crippen LogP contribution in [0.15, 0.2) is 0 Å². The van der Waals surface area contributed by atoms with Gasteiger partial charge in [-0.25, -0.2) is 0 Å². The Morgan fingerprint density at radius 1 is 0.846 bits per heavy atom. The van der Waals surface area contributed by atoms with E-state index in [0.717, 1.165) is 63.2 Å². The van der Waals surface area contributed by atoms with E-state index < -0.39 is 35.9 Å². The quantitative estimate of drug-likeness (QED) is 0.227. The first-order valence-electron chi connectivity index (χ1n) is 9.79. The average Bonchev–Trinajstić information content (AvgIpc) is 3.01. The molecule has 1 heterocycles. The van der Waals surface area contributed by atoms with E-state index in [-0.39, 0.29) is 5.01 Å². The molecule has 0 N–H and O–H groups in total. The summed E-state index contributed by atoms with van der Waals surface area (Å²) >= 11 is -2.28. The number of nitrogens with zero attached hydrogens (tertiary/aromatic N) is 1. The zero-order chi connectivity index (χ0) is 20.0. The van der Waals surface area contributed by atoms with E-state index >= 15 is 0 Å². The average molecular weight is 502 g/mol. The first-order chi connectivity index (χ1) is 12.0. The van der Waals surface area contributed by atoms with E-state index in [4.69, 9.17) is 0 Å². The first-order valence-corrected chi connectivity index (χ1v) is 18.1. The maximum atomic E-state index is 14.5. The first kappa shape index (κ1) is 24.2. The fraction of sp³-hybridized carbons (Fsp3) is 0.842. The molecular weight excluding hydrogens is 469 g/mol. The second-order valence-corrected chi connectivity index (χ2v) is 22.8. The molecule has 0 amide bonds. The second kappa shape index (κ2) is 10.1. The third kappa shape index (κ3) is 6.35. The Balaban J connectivity index is 3.56. The van der Waals surface area contributed by atoms with Gasteiger partial charge in [0.2, 0.25) is 0 Å². The van der Waals surface area contributed by atoms with Crippen molar-refractivity contribution in [1.29, 1.82) is 0 Å². The van der Waals surface area contributed by atoms with Crippen LogP contribution >= 0.6 is 11.3 Å². The predicted octanol–water partition coefficient (Wildman–Crippen LogP) is 7.42. The van der Waals surface area contributed by atoms with Crippen LogP contribution in [-0.2, 0) is 11.8 Å². The van der Waals surface area contributed by atoms with Crippen LogP contribution in [0.25, 0.3) is 0 Å². The van der Waals surface area contributed by atoms with Crippen molar-refractivity contribution in [3.05, 3.63) is 10.7 Å². The van der Waals surface area contributed by atoms with E-state index in [1.807, 2.05) is 0 Å². The number of thiazole rings is 1. The molecule has 0 fully saturated rings. The zero-order valence-corrected chi connectivity index (χ0v) is 20.4. The molecule has 0 radical (unpaired) electrons. The van der Waals surface area contributed by atoms with Gasteiger partial charge >= 0.3 is 164 Å². The van der Waals surface area contributed by atoms with Crippen LogP contribution in [0.1, 0.15) is 83.8 Å². The van der Waals surface area contributed by atoms with Crippen molar-refractivity contribution in [2.45, 2.75) is 98.3 Å². The monoisotopic (exact) mass is 503 g/mol. The topological polar surface area (TPSA) is 12.9 Å². The molecule has 0 saturated heterocycles. The fourth-order valence-corrected chi connectivity index (χ4v) is 24.1. The third-order valence-electron chi connectivity index (χ3n) is 4.91. The molecule has 7 heteroatoms.